The number of aliphatic hydroxyl groups is 1. The monoisotopic (exact) mass is 662 g/mol. The first-order chi connectivity index (χ1) is 22.9. The van der Waals surface area contributed by atoms with Gasteiger partial charge >= 0.3 is 12.1 Å². The van der Waals surface area contributed by atoms with Crippen LogP contribution >= 0.6 is 0 Å². The number of nitrogens with zero attached hydrogens (tertiary/aromatic N) is 7. The Hall–Kier alpha value is -4.72. The van der Waals surface area contributed by atoms with Gasteiger partial charge in [-0.05, 0) is 79.8 Å². The number of allylic oxidation sites excluding steroid dienone is 1. The summed E-state index contributed by atoms with van der Waals surface area (Å²) >= 11 is 0. The molecule has 0 radical (unpaired) electrons. The van der Waals surface area contributed by atoms with Gasteiger partial charge < -0.3 is 20.2 Å². The topological polar surface area (TPSA) is 121 Å². The molecule has 3 aromatic heterocycles. The van der Waals surface area contributed by atoms with Crippen LogP contribution in [0.5, 0.6) is 0 Å². The zero-order valence-electron chi connectivity index (χ0n) is 26.6. The van der Waals surface area contributed by atoms with E-state index >= 15 is 0 Å². The van der Waals surface area contributed by atoms with Gasteiger partial charge in [0.25, 0.3) is 5.56 Å². The molecule has 5 heterocycles. The summed E-state index contributed by atoms with van der Waals surface area (Å²) < 4.78 is 42.0. The predicted molar refractivity (Wildman–Crippen MR) is 174 cm³/mol. The first-order valence-electron chi connectivity index (χ1n) is 16.2. The molecule has 48 heavy (non-hydrogen) atoms. The standard InChI is InChI=1S/C34H37F3N8O3/c1-3-16-44-29(46)25-20-38-31(41-28(25)45(44)26-10-5-22-11-12-33(48,4-2)27(22)40-26)39-23-6-8-24(9-7-23)42-17-13-32(14-18-42)15-19-43(21-32)30(47)34(35,36)37/h3,5-10,20,48H,1,4,11-19,21H2,2H3,(H,38,39,41)/t33-/m1/s1. The summed E-state index contributed by atoms with van der Waals surface area (Å²) in [5.74, 6) is -0.994. The van der Waals surface area contributed by atoms with Gasteiger partial charge in [0.15, 0.2) is 11.5 Å². The number of anilines is 3. The molecule has 252 valence electrons. The number of hydrogen-bond donors (Lipinski definition) is 2. The van der Waals surface area contributed by atoms with Crippen molar-refractivity contribution in [1.29, 1.82) is 0 Å². The molecule has 11 nitrogen and oxygen atoms in total. The summed E-state index contributed by atoms with van der Waals surface area (Å²) in [7, 11) is 0. The molecule has 4 aromatic rings. The van der Waals surface area contributed by atoms with Crippen LogP contribution in [-0.4, -0.2) is 72.6 Å². The van der Waals surface area contributed by atoms with E-state index < -0.39 is 17.7 Å². The largest absolute Gasteiger partial charge is 0.471 e. The average molecular weight is 663 g/mol. The molecule has 3 aliphatic rings. The summed E-state index contributed by atoms with van der Waals surface area (Å²) in [6.07, 6.45) is 2.16. The summed E-state index contributed by atoms with van der Waals surface area (Å²) in [6.45, 7) is 7.63. The minimum atomic E-state index is -4.84. The molecule has 0 unspecified atom stereocenters. The highest BCUT2D eigenvalue weighted by molar-refractivity contribution is 5.82. The number of aromatic nitrogens is 5. The molecule has 0 saturated carbocycles. The highest BCUT2D eigenvalue weighted by atomic mass is 19.4. The molecule has 2 aliphatic heterocycles. The maximum atomic E-state index is 13.4. The van der Waals surface area contributed by atoms with Crippen LogP contribution in [0, 0.1) is 5.41 Å². The van der Waals surface area contributed by atoms with Crippen molar-refractivity contribution < 1.29 is 23.1 Å². The third-order valence-corrected chi connectivity index (χ3v) is 10.3. The van der Waals surface area contributed by atoms with Crippen LogP contribution in [-0.2, 0) is 23.4 Å². The number of benzene rings is 1. The molecular weight excluding hydrogens is 625 g/mol. The van der Waals surface area contributed by atoms with Gasteiger partial charge in [-0.3, -0.25) is 9.59 Å². The van der Waals surface area contributed by atoms with Crippen LogP contribution in [0.2, 0.25) is 0 Å². The van der Waals surface area contributed by atoms with Gasteiger partial charge in [-0.25, -0.2) is 19.3 Å². The Morgan fingerprint density at radius 1 is 1.06 bits per heavy atom. The Bertz CT molecular complexity index is 1950. The van der Waals surface area contributed by atoms with Crippen LogP contribution in [0.3, 0.4) is 0 Å². The number of hydrogen-bond acceptors (Lipinski definition) is 8. The van der Waals surface area contributed by atoms with Crippen LogP contribution in [0.1, 0.15) is 50.3 Å². The lowest BCUT2D eigenvalue weighted by Gasteiger charge is -2.40. The van der Waals surface area contributed by atoms with Gasteiger partial charge in [-0.2, -0.15) is 18.2 Å². The van der Waals surface area contributed by atoms with Gasteiger partial charge in [0.2, 0.25) is 5.95 Å². The van der Waals surface area contributed by atoms with E-state index in [1.54, 1.807) is 10.8 Å². The van der Waals surface area contributed by atoms with Gasteiger partial charge in [-0.1, -0.05) is 19.1 Å². The normalized spacial score (nSPS) is 20.4. The van der Waals surface area contributed by atoms with Gasteiger partial charge in [0.1, 0.15) is 11.0 Å². The number of carbonyl (C=O) groups is 1. The first-order valence-corrected chi connectivity index (χ1v) is 16.2. The number of rotatable bonds is 7. The van der Waals surface area contributed by atoms with E-state index in [1.807, 2.05) is 43.3 Å². The molecule has 14 heteroatoms. The zero-order chi connectivity index (χ0) is 33.8. The highest BCUT2D eigenvalue weighted by Crippen LogP contribution is 2.42. The molecule has 0 bridgehead atoms. The van der Waals surface area contributed by atoms with Crippen molar-refractivity contribution in [3.63, 3.8) is 0 Å². The van der Waals surface area contributed by atoms with Crippen molar-refractivity contribution in [2.45, 2.75) is 63.8 Å². The number of likely N-dealkylation sites (tertiary alicyclic amines) is 1. The Kier molecular flexibility index (Phi) is 7.80. The number of piperidine rings is 1. The average Bonchev–Trinajstić information content (AvgIpc) is 3.73. The van der Waals surface area contributed by atoms with Crippen molar-refractivity contribution in [2.75, 3.05) is 36.4 Å². The molecule has 2 N–H and O–H groups in total. The van der Waals surface area contributed by atoms with Crippen LogP contribution in [0.25, 0.3) is 16.9 Å². The molecule has 7 rings (SSSR count). The lowest BCUT2D eigenvalue weighted by molar-refractivity contribution is -0.184. The summed E-state index contributed by atoms with van der Waals surface area (Å²) in [5, 5.41) is 14.7. The van der Waals surface area contributed by atoms with E-state index in [4.69, 9.17) is 9.97 Å². The molecule has 2 saturated heterocycles. The number of alkyl halides is 3. The van der Waals surface area contributed by atoms with Crippen LogP contribution in [0.15, 0.2) is 60.0 Å². The number of pyridine rings is 1. The second kappa shape index (κ2) is 11.8. The van der Waals surface area contributed by atoms with E-state index in [0.29, 0.717) is 67.7 Å². The lowest BCUT2D eigenvalue weighted by atomic mass is 9.77. The van der Waals surface area contributed by atoms with Crippen LogP contribution < -0.4 is 15.8 Å². The van der Waals surface area contributed by atoms with Gasteiger partial charge in [0, 0.05) is 43.8 Å². The predicted octanol–water partition coefficient (Wildman–Crippen LogP) is 4.83. The maximum Gasteiger partial charge on any atom is 0.471 e. The summed E-state index contributed by atoms with van der Waals surface area (Å²) in [5.41, 5.74) is 2.12. The molecule has 1 aliphatic carbocycles. The zero-order valence-corrected chi connectivity index (χ0v) is 26.6. The number of halogens is 3. The van der Waals surface area contributed by atoms with Crippen molar-refractivity contribution in [2.24, 2.45) is 5.41 Å². The second-order valence-corrected chi connectivity index (χ2v) is 13.1. The number of amides is 1. The summed E-state index contributed by atoms with van der Waals surface area (Å²) in [4.78, 5) is 42.3. The minimum Gasteiger partial charge on any atom is -0.384 e. The Balaban J connectivity index is 1.09. The van der Waals surface area contributed by atoms with Gasteiger partial charge in [0.05, 0.1) is 12.2 Å². The molecule has 1 spiro atoms. The Morgan fingerprint density at radius 2 is 1.79 bits per heavy atom. The molecule has 1 aromatic carbocycles. The van der Waals surface area contributed by atoms with Crippen molar-refractivity contribution in [3.05, 3.63) is 76.9 Å². The third kappa shape index (κ3) is 5.51. The second-order valence-electron chi connectivity index (χ2n) is 13.1. The van der Waals surface area contributed by atoms with E-state index in [0.717, 1.165) is 28.3 Å². The smallest absolute Gasteiger partial charge is 0.384 e. The maximum absolute atomic E-state index is 13.4. The third-order valence-electron chi connectivity index (χ3n) is 10.3. The van der Waals surface area contributed by atoms with E-state index in [-0.39, 0.29) is 36.6 Å². The Labute approximate surface area is 274 Å². The number of aryl methyl sites for hydroxylation is 1. The highest BCUT2D eigenvalue weighted by Gasteiger charge is 2.49. The van der Waals surface area contributed by atoms with Gasteiger partial charge in [-0.15, -0.1) is 6.58 Å². The number of carbonyl (C=O) groups excluding carboxylic acids is 1. The minimum absolute atomic E-state index is 0.147. The van der Waals surface area contributed by atoms with Crippen molar-refractivity contribution >= 4 is 34.3 Å². The SMILES string of the molecule is C=CCn1c(=O)c2cnc(Nc3ccc(N4CCC5(CCN(C(=O)C(F)(F)F)C5)CC4)cc3)nc2n1-c1ccc2c(n1)[C@@](O)(CC)CC2. The van der Waals surface area contributed by atoms with E-state index in [1.165, 1.54) is 10.9 Å². The fourth-order valence-electron chi connectivity index (χ4n) is 7.43. The molecule has 1 amide bonds. The number of fused-ring (bicyclic) bond motifs is 2. The van der Waals surface area contributed by atoms with Crippen molar-refractivity contribution in [3.8, 4) is 5.82 Å². The molecular formula is C34H37F3N8O3. The fourth-order valence-corrected chi connectivity index (χ4v) is 7.43. The summed E-state index contributed by atoms with van der Waals surface area (Å²) in [6, 6.07) is 11.5. The Morgan fingerprint density at radius 3 is 2.48 bits per heavy atom. The van der Waals surface area contributed by atoms with E-state index in [2.05, 4.69) is 21.8 Å². The lowest BCUT2D eigenvalue weighted by Crippen LogP contribution is -2.44. The molecule has 1 atom stereocenters. The fraction of sp³-hybridized carbons (Fsp3) is 0.441. The first kappa shape index (κ1) is 31.9. The van der Waals surface area contributed by atoms with E-state index in [9.17, 15) is 27.9 Å². The number of nitrogens with one attached hydrogen (secondary N) is 1. The molecule has 2 fully saturated rings. The van der Waals surface area contributed by atoms with Crippen LogP contribution in [0.4, 0.5) is 30.5 Å². The van der Waals surface area contributed by atoms with Crippen molar-refractivity contribution in [1.82, 2.24) is 29.2 Å². The quantitative estimate of drug-likeness (QED) is 0.270.